The van der Waals surface area contributed by atoms with E-state index in [0.717, 1.165) is 25.7 Å². The van der Waals surface area contributed by atoms with Crippen LogP contribution in [0.15, 0.2) is 0 Å². The SMILES string of the molecule is CC(OS(=O)O)C1CCCCC1C(C)OS(=O)O. The molecule has 2 N–H and O–H groups in total. The van der Waals surface area contributed by atoms with Gasteiger partial charge in [0.2, 0.25) is 0 Å². The minimum absolute atomic E-state index is 0.0633. The van der Waals surface area contributed by atoms with Gasteiger partial charge in [-0.1, -0.05) is 12.8 Å². The summed E-state index contributed by atoms with van der Waals surface area (Å²) in [5.41, 5.74) is 0. The van der Waals surface area contributed by atoms with E-state index in [-0.39, 0.29) is 24.0 Å². The molecule has 0 aliphatic heterocycles. The van der Waals surface area contributed by atoms with Crippen LogP contribution in [-0.2, 0) is 31.1 Å². The van der Waals surface area contributed by atoms with Crippen LogP contribution in [0.2, 0.25) is 0 Å². The first-order valence-electron chi connectivity index (χ1n) is 5.97. The molecule has 6 atom stereocenters. The Hall–Kier alpha value is 0.140. The molecule has 1 rings (SSSR count). The molecule has 0 amide bonds. The van der Waals surface area contributed by atoms with Crippen LogP contribution < -0.4 is 0 Å². The van der Waals surface area contributed by atoms with Crippen LogP contribution in [-0.4, -0.2) is 29.7 Å². The van der Waals surface area contributed by atoms with Crippen molar-refractivity contribution in [2.45, 2.75) is 51.7 Å². The first-order valence-corrected chi connectivity index (χ1v) is 8.04. The second-order valence-corrected chi connectivity index (χ2v) is 5.90. The largest absolute Gasteiger partial charge is 0.302 e. The summed E-state index contributed by atoms with van der Waals surface area (Å²) in [5, 5.41) is 0. The van der Waals surface area contributed by atoms with Gasteiger partial charge in [-0.2, -0.15) is 8.42 Å². The van der Waals surface area contributed by atoms with Crippen molar-refractivity contribution in [2.75, 3.05) is 0 Å². The van der Waals surface area contributed by atoms with Gasteiger partial charge in [-0.3, -0.25) is 17.5 Å². The maximum Gasteiger partial charge on any atom is 0.302 e. The van der Waals surface area contributed by atoms with Crippen molar-refractivity contribution >= 4 is 22.7 Å². The monoisotopic (exact) mass is 300 g/mol. The second kappa shape index (κ2) is 7.66. The Kier molecular flexibility index (Phi) is 6.89. The van der Waals surface area contributed by atoms with Gasteiger partial charge in [-0.15, -0.1) is 0 Å². The van der Waals surface area contributed by atoms with Gasteiger partial charge in [0.1, 0.15) is 0 Å². The third-order valence-electron chi connectivity index (χ3n) is 3.55. The molecule has 108 valence electrons. The fraction of sp³-hybridized carbons (Fsp3) is 1.00. The zero-order chi connectivity index (χ0) is 13.7. The summed E-state index contributed by atoms with van der Waals surface area (Å²) in [6.07, 6.45) is 3.05. The average Bonchev–Trinajstić information content (AvgIpc) is 2.27. The van der Waals surface area contributed by atoms with E-state index < -0.39 is 22.7 Å². The van der Waals surface area contributed by atoms with Crippen LogP contribution in [0.4, 0.5) is 0 Å². The minimum atomic E-state index is -2.29. The van der Waals surface area contributed by atoms with Gasteiger partial charge in [0.05, 0.1) is 12.2 Å². The maximum atomic E-state index is 10.7. The Labute approximate surface area is 112 Å². The molecular weight excluding hydrogens is 280 g/mol. The Morgan fingerprint density at radius 2 is 1.28 bits per heavy atom. The lowest BCUT2D eigenvalue weighted by Gasteiger charge is -2.37. The first-order chi connectivity index (χ1) is 8.41. The molecule has 6 nitrogen and oxygen atoms in total. The fourth-order valence-electron chi connectivity index (χ4n) is 2.76. The van der Waals surface area contributed by atoms with E-state index in [9.17, 15) is 8.42 Å². The molecule has 0 aromatic carbocycles. The van der Waals surface area contributed by atoms with E-state index in [2.05, 4.69) is 0 Å². The van der Waals surface area contributed by atoms with Crippen LogP contribution >= 0.6 is 0 Å². The third-order valence-corrected chi connectivity index (χ3v) is 4.49. The summed E-state index contributed by atoms with van der Waals surface area (Å²) in [5.74, 6) is 0.127. The van der Waals surface area contributed by atoms with Crippen molar-refractivity contribution < 1.29 is 25.9 Å². The van der Waals surface area contributed by atoms with Crippen molar-refractivity contribution in [2.24, 2.45) is 11.8 Å². The molecule has 18 heavy (non-hydrogen) atoms. The lowest BCUT2D eigenvalue weighted by atomic mass is 9.74. The van der Waals surface area contributed by atoms with Crippen molar-refractivity contribution in [3.8, 4) is 0 Å². The Balaban J connectivity index is 2.66. The molecule has 8 heteroatoms. The van der Waals surface area contributed by atoms with E-state index in [1.807, 2.05) is 0 Å². The second-order valence-electron chi connectivity index (χ2n) is 4.65. The molecule has 1 fully saturated rings. The van der Waals surface area contributed by atoms with E-state index in [1.165, 1.54) is 0 Å². The lowest BCUT2D eigenvalue weighted by Crippen LogP contribution is -2.38. The van der Waals surface area contributed by atoms with Crippen LogP contribution in [0.3, 0.4) is 0 Å². The van der Waals surface area contributed by atoms with E-state index >= 15 is 0 Å². The molecule has 0 aromatic heterocycles. The molecule has 1 aliphatic rings. The third kappa shape index (κ3) is 5.02. The Bertz CT molecular complexity index is 281. The van der Waals surface area contributed by atoms with Crippen LogP contribution in [0, 0.1) is 11.8 Å². The van der Waals surface area contributed by atoms with E-state index in [0.29, 0.717) is 0 Å². The van der Waals surface area contributed by atoms with Gasteiger partial charge in [0, 0.05) is 0 Å². The van der Waals surface area contributed by atoms with Crippen LogP contribution in [0.25, 0.3) is 0 Å². The number of hydrogen-bond donors (Lipinski definition) is 2. The highest BCUT2D eigenvalue weighted by Gasteiger charge is 2.35. The number of hydrogen-bond acceptors (Lipinski definition) is 4. The standard InChI is InChI=1S/C10H20O6S2/c1-7(15-17(11)12)9-5-3-4-6-10(9)8(2)16-18(13)14/h7-10H,3-6H2,1-2H3,(H,11,12)(H,13,14). The summed E-state index contributed by atoms with van der Waals surface area (Å²) in [7, 11) is 0. The Morgan fingerprint density at radius 3 is 1.56 bits per heavy atom. The van der Waals surface area contributed by atoms with Crippen LogP contribution in [0.5, 0.6) is 0 Å². The molecule has 0 heterocycles. The topological polar surface area (TPSA) is 93.1 Å². The maximum absolute atomic E-state index is 10.7. The summed E-state index contributed by atoms with van der Waals surface area (Å²) < 4.78 is 48.7. The molecule has 0 bridgehead atoms. The van der Waals surface area contributed by atoms with Gasteiger partial charge >= 0.3 is 22.7 Å². The highest BCUT2D eigenvalue weighted by molar-refractivity contribution is 7.74. The first kappa shape index (κ1) is 16.2. The predicted molar refractivity (Wildman–Crippen MR) is 68.1 cm³/mol. The van der Waals surface area contributed by atoms with Gasteiger partial charge in [0.25, 0.3) is 0 Å². The minimum Gasteiger partial charge on any atom is -0.284 e. The molecule has 1 aliphatic carbocycles. The summed E-state index contributed by atoms with van der Waals surface area (Å²) in [6.45, 7) is 3.50. The van der Waals surface area contributed by atoms with Gasteiger partial charge in [-0.05, 0) is 38.5 Å². The van der Waals surface area contributed by atoms with Gasteiger partial charge in [0.15, 0.2) is 0 Å². The number of rotatable bonds is 6. The van der Waals surface area contributed by atoms with Crippen LogP contribution in [0.1, 0.15) is 39.5 Å². The quantitative estimate of drug-likeness (QED) is 0.727. The summed E-state index contributed by atoms with van der Waals surface area (Å²) in [6, 6.07) is 0. The highest BCUT2D eigenvalue weighted by atomic mass is 32.2. The van der Waals surface area contributed by atoms with Gasteiger partial charge in [-0.25, -0.2) is 0 Å². The van der Waals surface area contributed by atoms with E-state index in [4.69, 9.17) is 17.5 Å². The molecule has 0 saturated heterocycles. The summed E-state index contributed by atoms with van der Waals surface area (Å²) in [4.78, 5) is 0. The molecule has 1 saturated carbocycles. The smallest absolute Gasteiger partial charge is 0.284 e. The zero-order valence-electron chi connectivity index (χ0n) is 10.5. The van der Waals surface area contributed by atoms with Gasteiger partial charge < -0.3 is 0 Å². The van der Waals surface area contributed by atoms with E-state index in [1.54, 1.807) is 13.8 Å². The highest BCUT2D eigenvalue weighted by Crippen LogP contribution is 2.37. The lowest BCUT2D eigenvalue weighted by molar-refractivity contribution is 0.0235. The van der Waals surface area contributed by atoms with Crippen molar-refractivity contribution in [3.05, 3.63) is 0 Å². The van der Waals surface area contributed by atoms with Crippen molar-refractivity contribution in [3.63, 3.8) is 0 Å². The summed E-state index contributed by atoms with van der Waals surface area (Å²) >= 11 is -4.57. The predicted octanol–water partition coefficient (Wildman–Crippen LogP) is 1.88. The zero-order valence-corrected chi connectivity index (χ0v) is 12.1. The fourth-order valence-corrected chi connectivity index (χ4v) is 3.56. The molecular formula is C10H20O6S2. The molecule has 0 aromatic rings. The molecule has 0 radical (unpaired) electrons. The molecule has 0 spiro atoms. The normalized spacial score (nSPS) is 31.6. The van der Waals surface area contributed by atoms with Crippen molar-refractivity contribution in [1.29, 1.82) is 0 Å². The molecule has 6 unspecified atom stereocenters. The van der Waals surface area contributed by atoms with Crippen molar-refractivity contribution in [1.82, 2.24) is 0 Å². The Morgan fingerprint density at radius 1 is 0.944 bits per heavy atom. The average molecular weight is 300 g/mol.